The fourth-order valence-electron chi connectivity index (χ4n) is 4.83. The lowest BCUT2D eigenvalue weighted by Crippen LogP contribution is -2.36. The summed E-state index contributed by atoms with van der Waals surface area (Å²) in [5.74, 6) is -0.448. The summed E-state index contributed by atoms with van der Waals surface area (Å²) in [5.41, 5.74) is 3.95. The van der Waals surface area contributed by atoms with Crippen molar-refractivity contribution in [2.24, 2.45) is 0 Å². The monoisotopic (exact) mass is 455 g/mol. The number of ketones is 1. The van der Waals surface area contributed by atoms with E-state index < -0.39 is 0 Å². The molecule has 1 aliphatic carbocycles. The highest BCUT2D eigenvalue weighted by atomic mass is 32.1. The van der Waals surface area contributed by atoms with E-state index in [2.05, 4.69) is 16.8 Å². The topological polar surface area (TPSA) is 64.6 Å². The van der Waals surface area contributed by atoms with Crippen LogP contribution in [0, 0.1) is 0 Å². The van der Waals surface area contributed by atoms with Crippen LogP contribution in [0.1, 0.15) is 54.9 Å². The molecule has 1 N–H and O–H groups in total. The van der Waals surface area contributed by atoms with Gasteiger partial charge >= 0.3 is 5.97 Å². The number of allylic oxidation sites excluding steroid dienone is 3. The summed E-state index contributed by atoms with van der Waals surface area (Å²) in [5, 5.41) is 9.48. The zero-order valence-corrected chi connectivity index (χ0v) is 19.0. The van der Waals surface area contributed by atoms with E-state index in [1.54, 1.807) is 22.7 Å². The molecule has 0 radical (unpaired) electrons. The van der Waals surface area contributed by atoms with Gasteiger partial charge in [-0.05, 0) is 60.0 Å². The van der Waals surface area contributed by atoms with Crippen molar-refractivity contribution in [3.8, 4) is 0 Å². The number of carbonyl (C=O) groups excluding carboxylic acids is 2. The third kappa shape index (κ3) is 4.02. The molecule has 2 aromatic rings. The average Bonchev–Trinajstić information content (AvgIpc) is 3.54. The van der Waals surface area contributed by atoms with Crippen molar-refractivity contribution < 1.29 is 19.1 Å². The maximum atomic E-state index is 13.4. The van der Waals surface area contributed by atoms with Crippen molar-refractivity contribution >= 4 is 34.4 Å². The number of esters is 1. The smallest absolute Gasteiger partial charge is 0.336 e. The molecule has 31 heavy (non-hydrogen) atoms. The van der Waals surface area contributed by atoms with Crippen molar-refractivity contribution in [3.05, 3.63) is 67.3 Å². The van der Waals surface area contributed by atoms with Crippen LogP contribution in [-0.2, 0) is 19.1 Å². The molecule has 5 nitrogen and oxygen atoms in total. The van der Waals surface area contributed by atoms with Gasteiger partial charge in [0, 0.05) is 46.7 Å². The molecule has 3 aliphatic rings. The first-order valence-corrected chi connectivity index (χ1v) is 12.5. The first-order chi connectivity index (χ1) is 15.1. The molecular weight excluding hydrogens is 430 g/mol. The molecule has 0 unspecified atom stereocenters. The molecule has 1 saturated heterocycles. The van der Waals surface area contributed by atoms with Crippen LogP contribution in [0.15, 0.2) is 56.9 Å². The van der Waals surface area contributed by atoms with Gasteiger partial charge in [0.1, 0.15) is 6.61 Å². The molecular formula is C24H25NO4S2. The van der Waals surface area contributed by atoms with Gasteiger partial charge in [-0.1, -0.05) is 6.07 Å². The Hall–Kier alpha value is -2.22. The summed E-state index contributed by atoms with van der Waals surface area (Å²) in [6, 6.07) is 6.14. The third-order valence-corrected chi connectivity index (χ3v) is 8.03. The second-order valence-electron chi connectivity index (χ2n) is 8.32. The Bertz CT molecular complexity index is 1030. The van der Waals surface area contributed by atoms with Crippen LogP contribution in [0.2, 0.25) is 0 Å². The van der Waals surface area contributed by atoms with E-state index in [-0.39, 0.29) is 36.3 Å². The Labute approximate surface area is 189 Å². The van der Waals surface area contributed by atoms with E-state index in [9.17, 15) is 9.59 Å². The fraction of sp³-hybridized carbons (Fsp3) is 0.417. The van der Waals surface area contributed by atoms with Gasteiger partial charge in [0.2, 0.25) is 0 Å². The normalized spacial score (nSPS) is 26.1. The van der Waals surface area contributed by atoms with Crippen LogP contribution >= 0.6 is 22.7 Å². The van der Waals surface area contributed by atoms with Crippen LogP contribution in [0.4, 0.5) is 0 Å². The van der Waals surface area contributed by atoms with Gasteiger partial charge in [-0.15, -0.1) is 11.3 Å². The van der Waals surface area contributed by atoms with Gasteiger partial charge < -0.3 is 14.8 Å². The minimum Gasteiger partial charge on any atom is -0.459 e. The molecule has 4 heterocycles. The maximum Gasteiger partial charge on any atom is 0.336 e. The number of dihydropyridines is 1. The van der Waals surface area contributed by atoms with E-state index >= 15 is 0 Å². The summed E-state index contributed by atoms with van der Waals surface area (Å²) >= 11 is 3.27. The maximum absolute atomic E-state index is 13.4. The zero-order chi connectivity index (χ0) is 21.4. The molecule has 2 aromatic heterocycles. The minimum absolute atomic E-state index is 0.0290. The van der Waals surface area contributed by atoms with Gasteiger partial charge in [0.15, 0.2) is 5.78 Å². The average molecular weight is 456 g/mol. The highest BCUT2D eigenvalue weighted by molar-refractivity contribution is 7.10. The lowest BCUT2D eigenvalue weighted by Gasteiger charge is -2.36. The van der Waals surface area contributed by atoms with Gasteiger partial charge in [-0.3, -0.25) is 4.79 Å². The summed E-state index contributed by atoms with van der Waals surface area (Å²) in [6.07, 6.45) is 3.13. The number of hydrogen-bond acceptors (Lipinski definition) is 7. The molecule has 2 aliphatic heterocycles. The molecule has 0 spiro atoms. The predicted octanol–water partition coefficient (Wildman–Crippen LogP) is 4.89. The van der Waals surface area contributed by atoms with Crippen LogP contribution in [-0.4, -0.2) is 31.1 Å². The fourth-order valence-corrected chi connectivity index (χ4v) is 6.35. The summed E-state index contributed by atoms with van der Waals surface area (Å²) in [4.78, 5) is 27.8. The van der Waals surface area contributed by atoms with Gasteiger partial charge in [0.05, 0.1) is 11.7 Å². The highest BCUT2D eigenvalue weighted by Gasteiger charge is 2.41. The van der Waals surface area contributed by atoms with Gasteiger partial charge in [-0.25, -0.2) is 4.79 Å². The molecule has 3 atom stereocenters. The van der Waals surface area contributed by atoms with Crippen molar-refractivity contribution in [2.75, 3.05) is 13.2 Å². The molecule has 162 valence electrons. The Morgan fingerprint density at radius 2 is 2.19 bits per heavy atom. The van der Waals surface area contributed by atoms with Crippen LogP contribution in [0.3, 0.4) is 0 Å². The lowest BCUT2D eigenvalue weighted by atomic mass is 9.73. The van der Waals surface area contributed by atoms with Crippen LogP contribution in [0.25, 0.3) is 0 Å². The Morgan fingerprint density at radius 3 is 2.90 bits per heavy atom. The molecule has 0 bridgehead atoms. The van der Waals surface area contributed by atoms with Gasteiger partial charge in [0.25, 0.3) is 0 Å². The van der Waals surface area contributed by atoms with Crippen LogP contribution in [0.5, 0.6) is 0 Å². The quantitative estimate of drug-likeness (QED) is 0.650. The molecule has 0 aromatic carbocycles. The molecule has 0 amide bonds. The van der Waals surface area contributed by atoms with Gasteiger partial charge in [-0.2, -0.15) is 11.3 Å². The zero-order valence-electron chi connectivity index (χ0n) is 17.4. The number of rotatable bonds is 5. The van der Waals surface area contributed by atoms with Crippen molar-refractivity contribution in [1.29, 1.82) is 0 Å². The van der Waals surface area contributed by atoms with E-state index in [0.717, 1.165) is 48.4 Å². The number of nitrogens with one attached hydrogen (secondary N) is 1. The first-order valence-electron chi connectivity index (χ1n) is 10.7. The van der Waals surface area contributed by atoms with E-state index in [0.29, 0.717) is 12.0 Å². The Morgan fingerprint density at radius 1 is 1.29 bits per heavy atom. The molecule has 5 rings (SSSR count). The molecule has 0 saturated carbocycles. The van der Waals surface area contributed by atoms with E-state index in [1.807, 2.05) is 29.8 Å². The highest BCUT2D eigenvalue weighted by Crippen LogP contribution is 2.46. The number of thiophene rings is 2. The Balaban J connectivity index is 1.46. The van der Waals surface area contributed by atoms with Crippen molar-refractivity contribution in [2.45, 2.75) is 50.5 Å². The SMILES string of the molecule is CC1=C(C(=O)OC[C@@H]2CCCO2)[C@@H](c2ccsc2)C2=C(C[C@H](c3cccs3)CC2=O)N1. The molecule has 7 heteroatoms. The second-order valence-corrected chi connectivity index (χ2v) is 10.1. The standard InChI is InChI=1S/C24H25NO4S2/c1-14-21(24(27)29-12-17-4-2-7-28-17)22(15-6-9-30-13-15)23-18(25-14)10-16(11-19(23)26)20-5-3-8-31-20/h3,5-6,8-9,13,16-17,22,25H,2,4,7,10-12H2,1H3/t16-,17-,22+/m0/s1. The minimum atomic E-state index is -0.378. The third-order valence-electron chi connectivity index (χ3n) is 6.29. The summed E-state index contributed by atoms with van der Waals surface area (Å²) < 4.78 is 11.3. The first kappa shape index (κ1) is 20.7. The van der Waals surface area contributed by atoms with Crippen molar-refractivity contribution in [1.82, 2.24) is 5.32 Å². The van der Waals surface area contributed by atoms with Crippen molar-refractivity contribution in [3.63, 3.8) is 0 Å². The number of ether oxygens (including phenoxy) is 2. The lowest BCUT2D eigenvalue weighted by molar-refractivity contribution is -0.142. The predicted molar refractivity (Wildman–Crippen MR) is 121 cm³/mol. The largest absolute Gasteiger partial charge is 0.459 e. The number of carbonyl (C=O) groups is 2. The molecule has 1 fully saturated rings. The summed E-state index contributed by atoms with van der Waals surface area (Å²) in [6.45, 7) is 2.89. The van der Waals surface area contributed by atoms with E-state index in [1.165, 1.54) is 4.88 Å². The Kier molecular flexibility index (Phi) is 5.82. The van der Waals surface area contributed by atoms with Crippen LogP contribution < -0.4 is 5.32 Å². The summed E-state index contributed by atoms with van der Waals surface area (Å²) in [7, 11) is 0. The van der Waals surface area contributed by atoms with E-state index in [4.69, 9.17) is 9.47 Å². The second kappa shape index (κ2) is 8.73. The number of Topliss-reactive ketones (excluding diaryl/α,β-unsaturated/α-hetero) is 1. The number of hydrogen-bond donors (Lipinski definition) is 1.